The molecular weight excluding hydrogens is 272 g/mol. The Morgan fingerprint density at radius 1 is 0.773 bits per heavy atom. The molecule has 0 saturated heterocycles. The zero-order valence-corrected chi connectivity index (χ0v) is 13.7. The molecule has 0 aliphatic rings. The molecule has 0 N–H and O–H groups in total. The van der Waals surface area contributed by atoms with Crippen LogP contribution in [0.3, 0.4) is 0 Å². The van der Waals surface area contributed by atoms with Gasteiger partial charge in [0, 0.05) is 19.3 Å². The van der Waals surface area contributed by atoms with Crippen LogP contribution in [0.4, 0.5) is 0 Å². The van der Waals surface area contributed by atoms with Gasteiger partial charge in [0.1, 0.15) is 5.78 Å². The number of carbonyl (C=O) groups excluding carboxylic acids is 2. The molecule has 0 aliphatic heterocycles. The Hall–Kier alpha value is -1.44. The fraction of sp³-hybridized carbons (Fsp3) is 0.600. The standard InChI is InChI=1S/C20H29O2/c21-17-13-8-6-4-2-1-3-5-7-12-16-20(22)18-19-14-10-9-11-15-19/h9-11,14-15H,1-8,12-13,16,18H2. The van der Waals surface area contributed by atoms with Crippen molar-refractivity contribution in [2.45, 2.75) is 77.0 Å². The lowest BCUT2D eigenvalue weighted by atomic mass is 10.0. The molecule has 2 heteroatoms. The SMILES string of the molecule is O=[C]CCCCCCCCCCCC(=O)Cc1ccccc1. The van der Waals surface area contributed by atoms with E-state index < -0.39 is 0 Å². The molecule has 0 amide bonds. The van der Waals surface area contributed by atoms with Gasteiger partial charge in [-0.1, -0.05) is 75.3 Å². The maximum Gasteiger partial charge on any atom is 0.198 e. The highest BCUT2D eigenvalue weighted by Gasteiger charge is 2.03. The predicted molar refractivity (Wildman–Crippen MR) is 91.6 cm³/mol. The third-order valence-electron chi connectivity index (χ3n) is 3.98. The van der Waals surface area contributed by atoms with Crippen molar-refractivity contribution in [3.63, 3.8) is 0 Å². The van der Waals surface area contributed by atoms with Gasteiger partial charge in [0.05, 0.1) is 0 Å². The van der Waals surface area contributed by atoms with Crippen LogP contribution in [-0.4, -0.2) is 12.1 Å². The fourth-order valence-electron chi connectivity index (χ4n) is 2.67. The first-order valence-electron chi connectivity index (χ1n) is 8.73. The number of rotatable bonds is 14. The Bertz CT molecular complexity index is 397. The summed E-state index contributed by atoms with van der Waals surface area (Å²) in [5.74, 6) is 0.359. The van der Waals surface area contributed by atoms with Crippen molar-refractivity contribution in [2.24, 2.45) is 0 Å². The highest BCUT2D eigenvalue weighted by Crippen LogP contribution is 2.12. The summed E-state index contributed by atoms with van der Waals surface area (Å²) < 4.78 is 0. The number of hydrogen-bond donors (Lipinski definition) is 0. The molecule has 1 aromatic carbocycles. The molecule has 22 heavy (non-hydrogen) atoms. The maximum atomic E-state index is 11.8. The first-order chi connectivity index (χ1) is 10.8. The highest BCUT2D eigenvalue weighted by atomic mass is 16.1. The molecule has 0 aromatic heterocycles. The normalized spacial score (nSPS) is 10.5. The molecule has 121 valence electrons. The molecule has 2 nitrogen and oxygen atoms in total. The van der Waals surface area contributed by atoms with Crippen molar-refractivity contribution in [1.29, 1.82) is 0 Å². The number of Topliss-reactive ketones (excluding diaryl/α,β-unsaturated/α-hetero) is 1. The number of ketones is 1. The molecule has 0 unspecified atom stereocenters. The molecule has 1 rings (SSSR count). The number of hydrogen-bond acceptors (Lipinski definition) is 2. The fourth-order valence-corrected chi connectivity index (χ4v) is 2.67. The Kier molecular flexibility index (Phi) is 11.2. The Balaban J connectivity index is 1.87. The van der Waals surface area contributed by atoms with Gasteiger partial charge in [-0.3, -0.25) is 9.59 Å². The van der Waals surface area contributed by atoms with Gasteiger partial charge in [-0.05, 0) is 18.4 Å². The van der Waals surface area contributed by atoms with E-state index in [1.54, 1.807) is 0 Å². The number of unbranched alkanes of at least 4 members (excludes halogenated alkanes) is 9. The molecule has 1 radical (unpaired) electrons. The average Bonchev–Trinajstić information content (AvgIpc) is 2.53. The van der Waals surface area contributed by atoms with Gasteiger partial charge in [-0.25, -0.2) is 0 Å². The van der Waals surface area contributed by atoms with Gasteiger partial charge in [-0.2, -0.15) is 0 Å². The third kappa shape index (κ3) is 10.3. The van der Waals surface area contributed by atoms with Gasteiger partial charge >= 0.3 is 0 Å². The lowest BCUT2D eigenvalue weighted by Gasteiger charge is -2.03. The zero-order valence-electron chi connectivity index (χ0n) is 13.7. The Morgan fingerprint density at radius 3 is 1.91 bits per heavy atom. The second-order valence-electron chi connectivity index (χ2n) is 6.03. The molecule has 0 saturated carbocycles. The summed E-state index contributed by atoms with van der Waals surface area (Å²) in [6.45, 7) is 0. The van der Waals surface area contributed by atoms with E-state index in [4.69, 9.17) is 0 Å². The second kappa shape index (κ2) is 13.2. The van der Waals surface area contributed by atoms with Gasteiger partial charge < -0.3 is 0 Å². The van der Waals surface area contributed by atoms with Crippen LogP contribution in [0.25, 0.3) is 0 Å². The summed E-state index contributed by atoms with van der Waals surface area (Å²) in [5, 5.41) is 0. The van der Waals surface area contributed by atoms with E-state index in [-0.39, 0.29) is 0 Å². The van der Waals surface area contributed by atoms with Crippen LogP contribution in [0.5, 0.6) is 0 Å². The second-order valence-corrected chi connectivity index (χ2v) is 6.03. The van der Waals surface area contributed by atoms with Crippen molar-refractivity contribution in [3.05, 3.63) is 35.9 Å². The molecule has 0 fully saturated rings. The molecule has 0 spiro atoms. The van der Waals surface area contributed by atoms with E-state index in [0.717, 1.165) is 31.2 Å². The topological polar surface area (TPSA) is 34.1 Å². The third-order valence-corrected chi connectivity index (χ3v) is 3.98. The van der Waals surface area contributed by atoms with Crippen LogP contribution >= 0.6 is 0 Å². The van der Waals surface area contributed by atoms with Gasteiger partial charge in [0.2, 0.25) is 0 Å². The lowest BCUT2D eigenvalue weighted by molar-refractivity contribution is -0.118. The lowest BCUT2D eigenvalue weighted by Crippen LogP contribution is -2.02. The van der Waals surface area contributed by atoms with Gasteiger partial charge in [0.25, 0.3) is 0 Å². The molecule has 0 atom stereocenters. The van der Waals surface area contributed by atoms with E-state index in [1.807, 2.05) is 36.6 Å². The van der Waals surface area contributed by atoms with E-state index >= 15 is 0 Å². The van der Waals surface area contributed by atoms with Crippen LogP contribution in [-0.2, 0) is 16.0 Å². The minimum atomic E-state index is 0.359. The maximum absolute atomic E-state index is 11.8. The largest absolute Gasteiger partial charge is 0.299 e. The highest BCUT2D eigenvalue weighted by molar-refractivity contribution is 5.80. The summed E-state index contributed by atoms with van der Waals surface area (Å²) in [4.78, 5) is 21.9. The number of carbonyl (C=O) groups is 1. The van der Waals surface area contributed by atoms with Crippen molar-refractivity contribution in [1.82, 2.24) is 0 Å². The van der Waals surface area contributed by atoms with Crippen LogP contribution in [0.2, 0.25) is 0 Å². The first-order valence-corrected chi connectivity index (χ1v) is 8.73. The van der Waals surface area contributed by atoms with Crippen LogP contribution in [0, 0.1) is 0 Å². The smallest absolute Gasteiger partial charge is 0.198 e. The summed E-state index contributed by atoms with van der Waals surface area (Å²) >= 11 is 0. The quantitative estimate of drug-likeness (QED) is 0.443. The van der Waals surface area contributed by atoms with Crippen molar-refractivity contribution in [3.8, 4) is 0 Å². The molecule has 0 bridgehead atoms. The average molecular weight is 301 g/mol. The van der Waals surface area contributed by atoms with Crippen molar-refractivity contribution in [2.75, 3.05) is 0 Å². The molecular formula is C20H29O2. The summed E-state index contributed by atoms with van der Waals surface area (Å²) in [7, 11) is 0. The van der Waals surface area contributed by atoms with E-state index in [2.05, 4.69) is 0 Å². The van der Waals surface area contributed by atoms with Crippen molar-refractivity contribution < 1.29 is 9.59 Å². The Morgan fingerprint density at radius 2 is 1.32 bits per heavy atom. The van der Waals surface area contributed by atoms with Crippen LogP contribution in [0.15, 0.2) is 30.3 Å². The Labute approximate surface area is 135 Å². The predicted octanol–water partition coefficient (Wildman–Crippen LogP) is 5.20. The first kappa shape index (κ1) is 18.6. The minimum Gasteiger partial charge on any atom is -0.299 e. The van der Waals surface area contributed by atoms with E-state index in [1.165, 1.54) is 38.5 Å². The van der Waals surface area contributed by atoms with E-state index in [9.17, 15) is 9.59 Å². The molecule has 0 aliphatic carbocycles. The van der Waals surface area contributed by atoms with Crippen LogP contribution < -0.4 is 0 Å². The van der Waals surface area contributed by atoms with Gasteiger partial charge in [0.15, 0.2) is 6.29 Å². The van der Waals surface area contributed by atoms with E-state index in [0.29, 0.717) is 18.6 Å². The summed E-state index contributed by atoms with van der Waals surface area (Å²) in [5.41, 5.74) is 1.12. The summed E-state index contributed by atoms with van der Waals surface area (Å²) in [6.07, 6.45) is 14.5. The van der Waals surface area contributed by atoms with Gasteiger partial charge in [-0.15, -0.1) is 0 Å². The molecule has 0 heterocycles. The summed E-state index contributed by atoms with van der Waals surface area (Å²) in [6, 6.07) is 9.99. The number of benzene rings is 1. The molecule has 1 aromatic rings. The minimum absolute atomic E-state index is 0.359. The van der Waals surface area contributed by atoms with Crippen molar-refractivity contribution >= 4 is 12.1 Å². The zero-order chi connectivity index (χ0) is 15.9. The van der Waals surface area contributed by atoms with Crippen LogP contribution in [0.1, 0.15) is 76.2 Å². The monoisotopic (exact) mass is 301 g/mol.